The Hall–Kier alpha value is -2.62. The Morgan fingerprint density at radius 2 is 2.32 bits per heavy atom. The molecule has 0 aromatic heterocycles. The van der Waals surface area contributed by atoms with Crippen LogP contribution in [0.5, 0.6) is 0 Å². The molecule has 1 unspecified atom stereocenters. The third-order valence-corrected chi connectivity index (χ3v) is 2.60. The molecule has 0 bridgehead atoms. The van der Waals surface area contributed by atoms with E-state index in [1.165, 1.54) is 12.1 Å². The van der Waals surface area contributed by atoms with Crippen molar-refractivity contribution in [2.24, 2.45) is 0 Å². The Morgan fingerprint density at radius 1 is 1.63 bits per heavy atom. The molecule has 0 radical (unpaired) electrons. The minimum atomic E-state index is -0.604. The number of carbonyl (C=O) groups is 1. The predicted molar refractivity (Wildman–Crippen MR) is 67.7 cm³/mol. The summed E-state index contributed by atoms with van der Waals surface area (Å²) in [6.07, 6.45) is -0.0845. The Labute approximate surface area is 109 Å². The summed E-state index contributed by atoms with van der Waals surface area (Å²) in [4.78, 5) is 20.5. The highest BCUT2D eigenvalue weighted by atomic mass is 16.6. The number of nitrogens with zero attached hydrogens (tertiary/aromatic N) is 2. The Morgan fingerprint density at radius 3 is 2.79 bits per heavy atom. The first-order valence-corrected chi connectivity index (χ1v) is 5.51. The van der Waals surface area contributed by atoms with Crippen LogP contribution in [0.2, 0.25) is 0 Å². The van der Waals surface area contributed by atoms with E-state index in [0.717, 1.165) is 0 Å². The van der Waals surface area contributed by atoms with Gasteiger partial charge in [-0.1, -0.05) is 0 Å². The molecule has 0 saturated heterocycles. The molecule has 100 valence electrons. The van der Waals surface area contributed by atoms with Gasteiger partial charge in [0.15, 0.2) is 0 Å². The van der Waals surface area contributed by atoms with Gasteiger partial charge in [0.2, 0.25) is 0 Å². The van der Waals surface area contributed by atoms with Crippen molar-refractivity contribution in [3.05, 3.63) is 33.4 Å². The van der Waals surface area contributed by atoms with Crippen LogP contribution in [0.3, 0.4) is 0 Å². The predicted octanol–water partition coefficient (Wildman–Crippen LogP) is 1.61. The Kier molecular flexibility index (Phi) is 4.83. The second-order valence-electron chi connectivity index (χ2n) is 3.89. The number of benzene rings is 1. The van der Waals surface area contributed by atoms with Crippen LogP contribution in [-0.2, 0) is 16.0 Å². The van der Waals surface area contributed by atoms with Crippen molar-refractivity contribution in [2.75, 3.05) is 12.4 Å². The number of rotatable bonds is 6. The van der Waals surface area contributed by atoms with Crippen LogP contribution in [0, 0.1) is 21.4 Å². The van der Waals surface area contributed by atoms with Gasteiger partial charge >= 0.3 is 0 Å². The van der Waals surface area contributed by atoms with E-state index in [2.05, 4.69) is 5.32 Å². The highest BCUT2D eigenvalue weighted by molar-refractivity contribution is 5.63. The highest BCUT2D eigenvalue weighted by Crippen LogP contribution is 2.27. The van der Waals surface area contributed by atoms with Crippen molar-refractivity contribution >= 4 is 17.8 Å². The smallest absolute Gasteiger partial charge is 0.293 e. The lowest BCUT2D eigenvalue weighted by Gasteiger charge is -2.13. The summed E-state index contributed by atoms with van der Waals surface area (Å²) in [5.74, 6) is 0. The van der Waals surface area contributed by atoms with E-state index in [0.29, 0.717) is 24.1 Å². The second-order valence-corrected chi connectivity index (χ2v) is 3.89. The largest absolute Gasteiger partial charge is 0.465 e. The standard InChI is InChI=1S/C12H13N3O4/c1-8(19-7-16)3-9-5-12(15(17)18)10(6-13)4-11(9)14-2/h4-5,7-8,14H,3H2,1-2H3. The molecule has 0 amide bonds. The molecule has 1 aromatic carbocycles. The topological polar surface area (TPSA) is 105 Å². The van der Waals surface area contributed by atoms with Crippen LogP contribution in [0.1, 0.15) is 18.1 Å². The Bertz CT molecular complexity index is 537. The van der Waals surface area contributed by atoms with Crippen LogP contribution in [0.25, 0.3) is 0 Å². The van der Waals surface area contributed by atoms with Gasteiger partial charge in [-0.25, -0.2) is 0 Å². The van der Waals surface area contributed by atoms with E-state index in [9.17, 15) is 14.9 Å². The fraction of sp³-hybridized carbons (Fsp3) is 0.333. The molecule has 0 aliphatic heterocycles. The number of nitrogens with one attached hydrogen (secondary N) is 1. The molecule has 7 nitrogen and oxygen atoms in total. The molecule has 19 heavy (non-hydrogen) atoms. The van der Waals surface area contributed by atoms with Gasteiger partial charge in [-0.2, -0.15) is 5.26 Å². The molecule has 1 rings (SSSR count). The summed E-state index contributed by atoms with van der Waals surface area (Å²) in [5, 5.41) is 22.6. The molecule has 1 aromatic rings. The first-order valence-electron chi connectivity index (χ1n) is 5.51. The van der Waals surface area contributed by atoms with E-state index < -0.39 is 11.0 Å². The van der Waals surface area contributed by atoms with E-state index in [-0.39, 0.29) is 11.3 Å². The van der Waals surface area contributed by atoms with Gasteiger partial charge in [0.25, 0.3) is 12.2 Å². The van der Waals surface area contributed by atoms with Crippen LogP contribution in [-0.4, -0.2) is 24.5 Å². The fourth-order valence-corrected chi connectivity index (χ4v) is 1.73. The summed E-state index contributed by atoms with van der Waals surface area (Å²) >= 11 is 0. The van der Waals surface area contributed by atoms with E-state index in [1.54, 1.807) is 20.0 Å². The van der Waals surface area contributed by atoms with Crippen LogP contribution < -0.4 is 5.32 Å². The minimum Gasteiger partial charge on any atom is -0.465 e. The first kappa shape index (κ1) is 14.4. The normalized spacial score (nSPS) is 11.2. The lowest BCUT2D eigenvalue weighted by molar-refractivity contribution is -0.385. The molecule has 0 fully saturated rings. The average Bonchev–Trinajstić information content (AvgIpc) is 2.38. The number of nitro benzene ring substituents is 1. The lowest BCUT2D eigenvalue weighted by Crippen LogP contribution is -2.12. The van der Waals surface area contributed by atoms with Crippen molar-refractivity contribution in [1.29, 1.82) is 5.26 Å². The third kappa shape index (κ3) is 3.42. The van der Waals surface area contributed by atoms with Gasteiger partial charge in [0.05, 0.1) is 4.92 Å². The van der Waals surface area contributed by atoms with Gasteiger partial charge in [0.1, 0.15) is 17.7 Å². The number of hydrogen-bond donors (Lipinski definition) is 1. The molecular weight excluding hydrogens is 250 g/mol. The summed E-state index contributed by atoms with van der Waals surface area (Å²) in [6.45, 7) is 2.01. The summed E-state index contributed by atoms with van der Waals surface area (Å²) in [5.41, 5.74) is 0.947. The third-order valence-electron chi connectivity index (χ3n) is 2.60. The maximum absolute atomic E-state index is 10.9. The average molecular weight is 263 g/mol. The maximum atomic E-state index is 10.9. The lowest BCUT2D eigenvalue weighted by atomic mass is 10.0. The van der Waals surface area contributed by atoms with E-state index in [1.807, 2.05) is 0 Å². The molecule has 1 atom stereocenters. The number of ether oxygens (including phenoxy) is 1. The number of hydrogen-bond acceptors (Lipinski definition) is 6. The molecule has 0 heterocycles. The van der Waals surface area contributed by atoms with Gasteiger partial charge in [-0.05, 0) is 18.6 Å². The molecule has 0 spiro atoms. The monoisotopic (exact) mass is 263 g/mol. The summed E-state index contributed by atoms with van der Waals surface area (Å²) in [7, 11) is 1.65. The number of nitro groups is 1. The molecule has 0 aliphatic carbocycles. The summed E-state index contributed by atoms with van der Waals surface area (Å²) < 4.78 is 4.76. The maximum Gasteiger partial charge on any atom is 0.293 e. The van der Waals surface area contributed by atoms with Crippen molar-refractivity contribution in [2.45, 2.75) is 19.4 Å². The highest BCUT2D eigenvalue weighted by Gasteiger charge is 2.19. The van der Waals surface area contributed by atoms with Gasteiger partial charge < -0.3 is 10.1 Å². The van der Waals surface area contributed by atoms with Crippen LogP contribution >= 0.6 is 0 Å². The zero-order valence-electron chi connectivity index (χ0n) is 10.5. The molecule has 0 aliphatic rings. The Balaban J connectivity index is 3.22. The molecule has 1 N–H and O–H groups in total. The van der Waals surface area contributed by atoms with Crippen molar-refractivity contribution in [3.8, 4) is 6.07 Å². The van der Waals surface area contributed by atoms with Crippen molar-refractivity contribution in [3.63, 3.8) is 0 Å². The van der Waals surface area contributed by atoms with Crippen LogP contribution in [0.4, 0.5) is 11.4 Å². The quantitative estimate of drug-likeness (QED) is 0.475. The first-order chi connectivity index (χ1) is 9.03. The van der Waals surface area contributed by atoms with Gasteiger partial charge in [-0.15, -0.1) is 0 Å². The van der Waals surface area contributed by atoms with Crippen molar-refractivity contribution < 1.29 is 14.5 Å². The van der Waals surface area contributed by atoms with Crippen molar-refractivity contribution in [1.82, 2.24) is 0 Å². The molecule has 7 heteroatoms. The second kappa shape index (κ2) is 6.35. The fourth-order valence-electron chi connectivity index (χ4n) is 1.73. The summed E-state index contributed by atoms with van der Waals surface area (Å²) in [6, 6.07) is 4.53. The minimum absolute atomic E-state index is 0.0120. The van der Waals surface area contributed by atoms with E-state index >= 15 is 0 Å². The SMILES string of the molecule is CNc1cc(C#N)c([N+](=O)[O-])cc1CC(C)OC=O. The number of nitriles is 1. The van der Waals surface area contributed by atoms with Crippen LogP contribution in [0.15, 0.2) is 12.1 Å². The number of carbonyl (C=O) groups excluding carboxylic acids is 1. The molecule has 0 saturated carbocycles. The zero-order chi connectivity index (χ0) is 14.4. The van der Waals surface area contributed by atoms with E-state index in [4.69, 9.17) is 10.00 Å². The number of anilines is 1. The van der Waals surface area contributed by atoms with Gasteiger partial charge in [0, 0.05) is 25.2 Å². The van der Waals surface area contributed by atoms with Gasteiger partial charge in [-0.3, -0.25) is 14.9 Å². The zero-order valence-corrected chi connectivity index (χ0v) is 10.5. The molecular formula is C12H13N3O4.